The molecule has 0 bridgehead atoms. The van der Waals surface area contributed by atoms with Gasteiger partial charge < -0.3 is 10.2 Å². The van der Waals surface area contributed by atoms with Crippen LogP contribution in [0.4, 0.5) is 5.69 Å². The third kappa shape index (κ3) is 4.74. The largest absolute Gasteiger partial charge is 0.344 e. The quantitative estimate of drug-likeness (QED) is 0.514. The van der Waals surface area contributed by atoms with Crippen molar-refractivity contribution >= 4 is 23.6 Å². The molecule has 0 atom stereocenters. The first kappa shape index (κ1) is 17.9. The number of hydrogen-bond acceptors (Lipinski definition) is 4. The standard InChI is InChI=1S/C18H17N3O4/c1-20(2)18(23)16(19-17(22)14-8-4-3-5-9-14)12-13-7-6-10-15(11-13)21(24)25/h3-12H,1-2H3,(H,19,22)/b16-12-. The summed E-state index contributed by atoms with van der Waals surface area (Å²) in [5, 5.41) is 13.5. The molecule has 25 heavy (non-hydrogen) atoms. The first-order chi connectivity index (χ1) is 11.9. The van der Waals surface area contributed by atoms with Gasteiger partial charge in [0.05, 0.1) is 4.92 Å². The molecule has 2 aromatic rings. The van der Waals surface area contributed by atoms with Crippen molar-refractivity contribution in [1.29, 1.82) is 0 Å². The number of hydrogen-bond donors (Lipinski definition) is 1. The molecule has 0 spiro atoms. The van der Waals surface area contributed by atoms with Crippen molar-refractivity contribution in [2.45, 2.75) is 0 Å². The number of nitrogens with one attached hydrogen (secondary N) is 1. The predicted octanol–water partition coefficient (Wildman–Crippen LogP) is 2.45. The van der Waals surface area contributed by atoms with Crippen molar-refractivity contribution in [3.05, 3.63) is 81.5 Å². The minimum Gasteiger partial charge on any atom is -0.344 e. The van der Waals surface area contributed by atoms with Crippen molar-refractivity contribution in [3.63, 3.8) is 0 Å². The highest BCUT2D eigenvalue weighted by Gasteiger charge is 2.16. The van der Waals surface area contributed by atoms with Gasteiger partial charge >= 0.3 is 0 Å². The molecule has 0 aliphatic rings. The van der Waals surface area contributed by atoms with E-state index in [1.807, 2.05) is 0 Å². The van der Waals surface area contributed by atoms with E-state index < -0.39 is 16.7 Å². The van der Waals surface area contributed by atoms with Crippen LogP contribution in [0.25, 0.3) is 6.08 Å². The van der Waals surface area contributed by atoms with Crippen LogP contribution in [0.5, 0.6) is 0 Å². The van der Waals surface area contributed by atoms with Crippen molar-refractivity contribution in [1.82, 2.24) is 10.2 Å². The van der Waals surface area contributed by atoms with Gasteiger partial charge in [0.1, 0.15) is 5.70 Å². The Hall–Kier alpha value is -3.48. The maximum Gasteiger partial charge on any atom is 0.270 e. The zero-order chi connectivity index (χ0) is 18.4. The number of carbonyl (C=O) groups excluding carboxylic acids is 2. The Morgan fingerprint density at radius 1 is 1.08 bits per heavy atom. The number of nitrogens with zero attached hydrogens (tertiary/aromatic N) is 2. The molecule has 2 amide bonds. The molecule has 1 N–H and O–H groups in total. The zero-order valence-electron chi connectivity index (χ0n) is 13.8. The minimum atomic E-state index is -0.521. The van der Waals surface area contributed by atoms with Crippen LogP contribution in [0.15, 0.2) is 60.3 Å². The Balaban J connectivity index is 2.36. The van der Waals surface area contributed by atoms with Crippen LogP contribution in [-0.4, -0.2) is 35.7 Å². The second-order valence-electron chi connectivity index (χ2n) is 5.43. The molecule has 0 fully saturated rings. The van der Waals surface area contributed by atoms with Crippen LogP contribution < -0.4 is 5.32 Å². The minimum absolute atomic E-state index is 0.0272. The fraction of sp³-hybridized carbons (Fsp3) is 0.111. The maximum atomic E-state index is 12.3. The molecule has 0 aromatic heterocycles. The number of nitro groups is 1. The van der Waals surface area contributed by atoms with E-state index in [1.54, 1.807) is 50.5 Å². The monoisotopic (exact) mass is 339 g/mol. The van der Waals surface area contributed by atoms with Gasteiger partial charge in [-0.1, -0.05) is 30.3 Å². The molecule has 2 rings (SSSR count). The van der Waals surface area contributed by atoms with Gasteiger partial charge in [0, 0.05) is 31.8 Å². The first-order valence-electron chi connectivity index (χ1n) is 7.42. The summed E-state index contributed by atoms with van der Waals surface area (Å²) in [5.74, 6) is -0.858. The van der Waals surface area contributed by atoms with Crippen molar-refractivity contribution in [3.8, 4) is 0 Å². The third-order valence-electron chi connectivity index (χ3n) is 3.31. The number of nitro benzene ring substituents is 1. The molecule has 0 saturated heterocycles. The van der Waals surface area contributed by atoms with Crippen LogP contribution in [0.1, 0.15) is 15.9 Å². The average molecular weight is 339 g/mol. The molecule has 7 heteroatoms. The Labute approximate surface area is 144 Å². The number of likely N-dealkylation sites (N-methyl/N-ethyl adjacent to an activating group) is 1. The fourth-order valence-corrected chi connectivity index (χ4v) is 2.07. The van der Waals surface area contributed by atoms with Gasteiger partial charge in [-0.25, -0.2) is 0 Å². The number of rotatable bonds is 5. The molecule has 0 radical (unpaired) electrons. The van der Waals surface area contributed by atoms with Crippen molar-refractivity contribution in [2.75, 3.05) is 14.1 Å². The van der Waals surface area contributed by atoms with Gasteiger partial charge in [0.2, 0.25) is 0 Å². The molecular formula is C18H17N3O4. The Morgan fingerprint density at radius 2 is 1.76 bits per heavy atom. The van der Waals surface area contributed by atoms with E-state index in [-0.39, 0.29) is 11.4 Å². The van der Waals surface area contributed by atoms with Gasteiger partial charge in [0.25, 0.3) is 17.5 Å². The van der Waals surface area contributed by atoms with Crippen LogP contribution in [-0.2, 0) is 4.79 Å². The van der Waals surface area contributed by atoms with E-state index in [0.717, 1.165) is 0 Å². The summed E-state index contributed by atoms with van der Waals surface area (Å²) in [5.41, 5.74) is 0.769. The van der Waals surface area contributed by atoms with Gasteiger partial charge in [-0.05, 0) is 23.8 Å². The van der Waals surface area contributed by atoms with Gasteiger partial charge in [0.15, 0.2) is 0 Å². The summed E-state index contributed by atoms with van der Waals surface area (Å²) in [6.45, 7) is 0. The van der Waals surface area contributed by atoms with E-state index in [1.165, 1.54) is 29.2 Å². The molecule has 2 aromatic carbocycles. The molecule has 0 saturated carbocycles. The summed E-state index contributed by atoms with van der Waals surface area (Å²) in [6.07, 6.45) is 1.41. The number of carbonyl (C=O) groups is 2. The van der Waals surface area contributed by atoms with Gasteiger partial charge in [-0.2, -0.15) is 0 Å². The van der Waals surface area contributed by atoms with Crippen LogP contribution >= 0.6 is 0 Å². The van der Waals surface area contributed by atoms with E-state index in [9.17, 15) is 19.7 Å². The summed E-state index contributed by atoms with van der Waals surface area (Å²) in [7, 11) is 3.11. The molecule has 7 nitrogen and oxygen atoms in total. The molecule has 0 aliphatic carbocycles. The highest BCUT2D eigenvalue weighted by Crippen LogP contribution is 2.16. The molecular weight excluding hydrogens is 322 g/mol. The second-order valence-corrected chi connectivity index (χ2v) is 5.43. The summed E-state index contributed by atoms with van der Waals surface area (Å²) < 4.78 is 0. The van der Waals surface area contributed by atoms with Gasteiger partial charge in [-0.15, -0.1) is 0 Å². The first-order valence-corrected chi connectivity index (χ1v) is 7.42. The normalized spacial score (nSPS) is 10.9. The van der Waals surface area contributed by atoms with Crippen molar-refractivity contribution in [2.24, 2.45) is 0 Å². The Bertz CT molecular complexity index is 829. The van der Waals surface area contributed by atoms with Crippen LogP contribution in [0.2, 0.25) is 0 Å². The van der Waals surface area contributed by atoms with Gasteiger partial charge in [-0.3, -0.25) is 19.7 Å². The molecule has 0 aliphatic heterocycles. The number of non-ortho nitro benzene ring substituents is 1. The topological polar surface area (TPSA) is 92.6 Å². The third-order valence-corrected chi connectivity index (χ3v) is 3.31. The van der Waals surface area contributed by atoms with Crippen LogP contribution in [0, 0.1) is 10.1 Å². The van der Waals surface area contributed by atoms with E-state index in [4.69, 9.17) is 0 Å². The second kappa shape index (κ2) is 7.87. The van der Waals surface area contributed by atoms with Crippen molar-refractivity contribution < 1.29 is 14.5 Å². The number of benzene rings is 2. The fourth-order valence-electron chi connectivity index (χ4n) is 2.07. The lowest BCUT2D eigenvalue weighted by atomic mass is 10.1. The smallest absolute Gasteiger partial charge is 0.270 e. The SMILES string of the molecule is CN(C)C(=O)/C(=C/c1cccc([N+](=O)[O-])c1)NC(=O)c1ccccc1. The summed E-state index contributed by atoms with van der Waals surface area (Å²) in [6, 6.07) is 14.3. The molecule has 0 heterocycles. The van der Waals surface area contributed by atoms with E-state index in [0.29, 0.717) is 11.1 Å². The van der Waals surface area contributed by atoms with E-state index >= 15 is 0 Å². The average Bonchev–Trinajstić information content (AvgIpc) is 2.61. The lowest BCUT2D eigenvalue weighted by Gasteiger charge is -2.15. The summed E-state index contributed by atoms with van der Waals surface area (Å²) >= 11 is 0. The molecule has 128 valence electrons. The Morgan fingerprint density at radius 3 is 2.36 bits per heavy atom. The van der Waals surface area contributed by atoms with E-state index in [2.05, 4.69) is 5.32 Å². The summed E-state index contributed by atoms with van der Waals surface area (Å²) in [4.78, 5) is 36.3. The maximum absolute atomic E-state index is 12.3. The highest BCUT2D eigenvalue weighted by molar-refractivity contribution is 6.05. The number of amides is 2. The lowest BCUT2D eigenvalue weighted by Crippen LogP contribution is -2.34. The zero-order valence-corrected chi connectivity index (χ0v) is 13.8. The molecule has 0 unspecified atom stereocenters. The predicted molar refractivity (Wildman–Crippen MR) is 93.7 cm³/mol. The van der Waals surface area contributed by atoms with Crippen LogP contribution in [0.3, 0.4) is 0 Å². The highest BCUT2D eigenvalue weighted by atomic mass is 16.6. The lowest BCUT2D eigenvalue weighted by molar-refractivity contribution is -0.384. The Kier molecular flexibility index (Phi) is 5.62.